The molecule has 0 saturated carbocycles. The van der Waals surface area contributed by atoms with Gasteiger partial charge in [-0.3, -0.25) is 0 Å². The Balaban J connectivity index is -0.0000000150. The molecule has 0 aliphatic heterocycles. The molecule has 37 valence electrons. The Bertz CT molecular complexity index is 19.7. The van der Waals surface area contributed by atoms with Gasteiger partial charge in [0, 0.05) is 49.4 Å². The Morgan fingerprint density at radius 3 is 1.00 bits per heavy atom. The summed E-state index contributed by atoms with van der Waals surface area (Å²) in [4.78, 5) is 0. The Morgan fingerprint density at radius 1 is 1.00 bits per heavy atom. The van der Waals surface area contributed by atoms with Gasteiger partial charge >= 0.3 is 108 Å². The molecule has 0 unspecified atom stereocenters. The van der Waals surface area contributed by atoms with Crippen LogP contribution in [0.25, 0.3) is 0 Å². The van der Waals surface area contributed by atoms with Crippen molar-refractivity contribution in [3.63, 3.8) is 0 Å². The van der Waals surface area contributed by atoms with Crippen molar-refractivity contribution in [2.45, 2.75) is 0 Å². The van der Waals surface area contributed by atoms with Crippen LogP contribution in [0, 0.1) is 49.4 Å². The van der Waals surface area contributed by atoms with Gasteiger partial charge in [-0.15, -0.1) is 0 Å². The summed E-state index contributed by atoms with van der Waals surface area (Å²) in [5, 5.41) is 21.5. The van der Waals surface area contributed by atoms with Crippen molar-refractivity contribution in [3.8, 4) is 0 Å². The first-order valence-electron chi connectivity index (χ1n) is 0.775. The summed E-state index contributed by atoms with van der Waals surface area (Å²) in [6.07, 6.45) is 0. The maximum absolute atomic E-state index is 7.17. The van der Waals surface area contributed by atoms with Crippen LogP contribution >= 0.6 is 0 Å². The summed E-state index contributed by atoms with van der Waals surface area (Å²) >= 11 is 0. The van der Waals surface area contributed by atoms with Crippen molar-refractivity contribution in [1.29, 1.82) is 0 Å². The van der Waals surface area contributed by atoms with E-state index in [0.29, 0.717) is 0 Å². The van der Waals surface area contributed by atoms with Gasteiger partial charge in [-0.05, 0) is 0 Å². The number of rotatable bonds is 0. The van der Waals surface area contributed by atoms with Crippen LogP contribution in [-0.2, 0) is 0 Å². The molecule has 0 aromatic rings. The second-order valence-corrected chi connectivity index (χ2v) is 0.346. The van der Waals surface area contributed by atoms with Gasteiger partial charge in [-0.25, -0.2) is 0 Å². The fourth-order valence-electron chi connectivity index (χ4n) is 0. The Labute approximate surface area is 166 Å². The molecule has 0 rings (SSSR count). The Morgan fingerprint density at radius 2 is 1.00 bits per heavy atom. The predicted octanol–water partition coefficient (Wildman–Crippen LogP) is -3.62. The van der Waals surface area contributed by atoms with Crippen LogP contribution in [0.2, 0.25) is 0 Å². The van der Waals surface area contributed by atoms with Gasteiger partial charge in [0.05, 0.1) is 0 Å². The van der Waals surface area contributed by atoms with Gasteiger partial charge in [0.15, 0.2) is 0 Å². The van der Waals surface area contributed by atoms with Gasteiger partial charge in [-0.1, -0.05) is 0 Å². The topological polar surface area (TPSA) is 60.7 Å². The molecule has 0 aliphatic rings. The van der Waals surface area contributed by atoms with E-state index in [9.17, 15) is 0 Å². The molecule has 0 saturated heterocycles. The molecular weight excluding hydrogens is 387 g/mol. The predicted molar refractivity (Wildman–Crippen MR) is 28.1 cm³/mol. The second-order valence-electron chi connectivity index (χ2n) is 0.346. The van der Waals surface area contributed by atoms with Crippen LogP contribution in [0.5, 0.6) is 0 Å². The van der Waals surface area contributed by atoms with Crippen LogP contribution in [0.15, 0.2) is 0 Å². The zero-order valence-electron chi connectivity index (χ0n) is 2.30. The van der Waals surface area contributed by atoms with E-state index in [1.165, 1.54) is 0 Å². The first-order valence-corrected chi connectivity index (χ1v) is 0.775. The maximum atomic E-state index is 7.17. The molecule has 7 heavy (non-hydrogen) atoms. The molecule has 0 heterocycles. The van der Waals surface area contributed by atoms with E-state index < -0.39 is 7.32 Å². The molecule has 0 spiro atoms. The van der Waals surface area contributed by atoms with Crippen molar-refractivity contribution < 1.29 is 64.4 Å². The summed E-state index contributed by atoms with van der Waals surface area (Å²) in [6, 6.07) is 0. The first-order chi connectivity index (χ1) is 1.73. The molecule has 7 heteroatoms. The number of hydrogen-bond acceptors (Lipinski definition) is 3. The zero-order valence-corrected chi connectivity index (χ0v) is 4.72. The third kappa shape index (κ3) is 36.5. The molecule has 0 atom stereocenters. The van der Waals surface area contributed by atoms with E-state index in [2.05, 4.69) is 0 Å². The molecule has 0 aromatic heterocycles. The van der Waals surface area contributed by atoms with E-state index in [1.807, 2.05) is 0 Å². The molecule has 3 N–H and O–H groups in total. The SMILES string of the molecule is OB(O)O.[BaH2].[Eu].[KH]. The first kappa shape index (κ1) is 22.6. The van der Waals surface area contributed by atoms with Gasteiger partial charge in [0.1, 0.15) is 0 Å². The van der Waals surface area contributed by atoms with Crippen molar-refractivity contribution in [2.24, 2.45) is 0 Å². The minimum atomic E-state index is -2.17. The van der Waals surface area contributed by atoms with E-state index in [-0.39, 0.29) is 150 Å². The number of hydrogen-bond donors (Lipinski definition) is 3. The normalized spacial score (nSPS) is 3.86. The van der Waals surface area contributed by atoms with Crippen molar-refractivity contribution >= 4 is 108 Å². The molecule has 0 amide bonds. The van der Waals surface area contributed by atoms with Crippen molar-refractivity contribution in [2.75, 3.05) is 0 Å². The molecule has 0 fully saturated rings. The van der Waals surface area contributed by atoms with Crippen LogP contribution in [0.3, 0.4) is 0 Å². The fraction of sp³-hybridized carbons (Fsp3) is 0. The van der Waals surface area contributed by atoms with E-state index >= 15 is 0 Å². The van der Waals surface area contributed by atoms with Crippen LogP contribution in [-0.4, -0.2) is 123 Å². The second kappa shape index (κ2) is 17.0. The summed E-state index contributed by atoms with van der Waals surface area (Å²) in [5.41, 5.74) is 0. The summed E-state index contributed by atoms with van der Waals surface area (Å²) in [5.74, 6) is 0. The zero-order chi connectivity index (χ0) is 3.58. The standard InChI is InChI=1S/BH3O3.Ba.Eu.K.3H/c2-1(3)4;;;;;;/h2-4H;;;;;;. The van der Waals surface area contributed by atoms with E-state index in [1.54, 1.807) is 0 Å². The molecule has 3 nitrogen and oxygen atoms in total. The van der Waals surface area contributed by atoms with Gasteiger partial charge in [-0.2, -0.15) is 0 Å². The fourth-order valence-corrected chi connectivity index (χ4v) is 0. The van der Waals surface area contributed by atoms with E-state index in [0.717, 1.165) is 0 Å². The minimum absolute atomic E-state index is 0. The Hall–Kier alpha value is 4.74. The van der Waals surface area contributed by atoms with Gasteiger partial charge < -0.3 is 15.1 Å². The molecule has 0 aliphatic carbocycles. The summed E-state index contributed by atoms with van der Waals surface area (Å²) in [7, 11) is -2.17. The third-order valence-corrected chi connectivity index (χ3v) is 0. The van der Waals surface area contributed by atoms with Crippen molar-refractivity contribution in [1.82, 2.24) is 0 Å². The molecular formula is H6BBaEuKO3. The molecule has 0 aromatic carbocycles. The van der Waals surface area contributed by atoms with E-state index in [4.69, 9.17) is 15.1 Å². The third-order valence-electron chi connectivity index (χ3n) is 0. The summed E-state index contributed by atoms with van der Waals surface area (Å²) < 4.78 is 0. The average molecular weight is 393 g/mol. The van der Waals surface area contributed by atoms with Gasteiger partial charge in [0.25, 0.3) is 0 Å². The summed E-state index contributed by atoms with van der Waals surface area (Å²) in [6.45, 7) is 0. The van der Waals surface area contributed by atoms with Crippen molar-refractivity contribution in [3.05, 3.63) is 0 Å². The molecule has 1 radical (unpaired) electrons. The molecule has 0 bridgehead atoms. The van der Waals surface area contributed by atoms with Crippen LogP contribution < -0.4 is 0 Å². The average Bonchev–Trinajstić information content (AvgIpc) is 0.811. The van der Waals surface area contributed by atoms with Crippen LogP contribution in [0.4, 0.5) is 0 Å². The van der Waals surface area contributed by atoms with Crippen LogP contribution in [0.1, 0.15) is 0 Å². The monoisotopic (exact) mass is 395 g/mol. The van der Waals surface area contributed by atoms with Gasteiger partial charge in [0.2, 0.25) is 0 Å². The quantitative estimate of drug-likeness (QED) is 0.373. The Kier molecular flexibility index (Phi) is 54.9.